The van der Waals surface area contributed by atoms with Gasteiger partial charge in [-0.1, -0.05) is 0 Å². The molecule has 8 nitrogen and oxygen atoms in total. The Hall–Kier alpha value is -2.00. The van der Waals surface area contributed by atoms with Gasteiger partial charge in [0.1, 0.15) is 0 Å². The van der Waals surface area contributed by atoms with Crippen LogP contribution >= 0.6 is 0 Å². The summed E-state index contributed by atoms with van der Waals surface area (Å²) < 4.78 is 3.97. The molecule has 0 aromatic heterocycles. The van der Waals surface area contributed by atoms with Crippen molar-refractivity contribution in [1.29, 1.82) is 0 Å². The Kier molecular flexibility index (Phi) is 2.68. The molecule has 0 saturated heterocycles. The molecule has 9 heteroatoms. The van der Waals surface area contributed by atoms with Gasteiger partial charge in [0, 0.05) is 0 Å². The first kappa shape index (κ1) is 11.1. The maximum absolute atomic E-state index is 11.0. The summed E-state index contributed by atoms with van der Waals surface area (Å²) in [6, 6.07) is 0. The predicted molar refractivity (Wildman–Crippen MR) is 43.2 cm³/mol. The Labute approximate surface area is 82.5 Å². The van der Waals surface area contributed by atoms with Gasteiger partial charge in [-0.2, -0.15) is 0 Å². The lowest BCUT2D eigenvalue weighted by atomic mass is 10.0. The fourth-order valence-corrected chi connectivity index (χ4v) is 0.860. The molecule has 0 aliphatic heterocycles. The van der Waals surface area contributed by atoms with Crippen LogP contribution < -0.4 is 0 Å². The third-order valence-electron chi connectivity index (χ3n) is 1.51. The van der Waals surface area contributed by atoms with Gasteiger partial charge < -0.3 is 30.0 Å². The minimum Gasteiger partial charge on any atom is -0.506 e. The highest BCUT2D eigenvalue weighted by Crippen LogP contribution is 2.21. The van der Waals surface area contributed by atoms with Crippen molar-refractivity contribution in [2.45, 2.75) is 0 Å². The molecular weight excluding hydrogens is 211 g/mol. The van der Waals surface area contributed by atoms with Crippen molar-refractivity contribution in [1.82, 2.24) is 0 Å². The van der Waals surface area contributed by atoms with Gasteiger partial charge in [0.25, 0.3) is 11.6 Å². The van der Waals surface area contributed by atoms with Gasteiger partial charge >= 0.3 is 7.32 Å². The standard InChI is InChI=1S/C6H5BO8/c8-1-2(9)4(11)6(15-7(13)14)5(12)3(1)10/h8-9,12-14H. The Morgan fingerprint density at radius 3 is 1.80 bits per heavy atom. The van der Waals surface area contributed by atoms with E-state index in [1.165, 1.54) is 0 Å². The van der Waals surface area contributed by atoms with Crippen molar-refractivity contribution in [3.63, 3.8) is 0 Å². The first-order valence-corrected chi connectivity index (χ1v) is 3.54. The van der Waals surface area contributed by atoms with Crippen molar-refractivity contribution < 1.29 is 39.6 Å². The Morgan fingerprint density at radius 2 is 1.33 bits per heavy atom. The summed E-state index contributed by atoms with van der Waals surface area (Å²) >= 11 is 0. The zero-order chi connectivity index (χ0) is 11.7. The average molecular weight is 216 g/mol. The van der Waals surface area contributed by atoms with Crippen molar-refractivity contribution in [2.24, 2.45) is 0 Å². The van der Waals surface area contributed by atoms with Gasteiger partial charge in [0.15, 0.2) is 0 Å². The lowest BCUT2D eigenvalue weighted by Gasteiger charge is -2.14. The number of carbonyl (C=O) groups is 2. The molecule has 5 N–H and O–H groups in total. The maximum Gasteiger partial charge on any atom is 0.707 e. The summed E-state index contributed by atoms with van der Waals surface area (Å²) in [6.45, 7) is 0. The Balaban J connectivity index is 3.17. The molecule has 0 aromatic carbocycles. The predicted octanol–water partition coefficient (Wildman–Crippen LogP) is -1.78. The van der Waals surface area contributed by atoms with Crippen LogP contribution in [-0.2, 0) is 14.2 Å². The van der Waals surface area contributed by atoms with Gasteiger partial charge in [-0.15, -0.1) is 0 Å². The minimum atomic E-state index is -2.45. The number of hydrogen-bond acceptors (Lipinski definition) is 8. The van der Waals surface area contributed by atoms with Crippen LogP contribution in [0.15, 0.2) is 23.0 Å². The highest BCUT2D eigenvalue weighted by molar-refractivity contribution is 6.35. The molecule has 80 valence electrons. The second-order valence-corrected chi connectivity index (χ2v) is 2.48. The van der Waals surface area contributed by atoms with E-state index in [4.69, 9.17) is 25.4 Å². The second-order valence-electron chi connectivity index (χ2n) is 2.48. The number of carbonyl (C=O) groups excluding carboxylic acids is 2. The molecule has 0 fully saturated rings. The van der Waals surface area contributed by atoms with Crippen LogP contribution in [0.2, 0.25) is 0 Å². The van der Waals surface area contributed by atoms with Crippen LogP contribution in [-0.4, -0.2) is 44.3 Å². The minimum absolute atomic E-state index is 1.15. The topological polar surface area (TPSA) is 145 Å². The number of aliphatic hydroxyl groups excluding tert-OH is 3. The highest BCUT2D eigenvalue weighted by Gasteiger charge is 2.38. The van der Waals surface area contributed by atoms with Crippen LogP contribution in [0, 0.1) is 0 Å². The molecule has 0 bridgehead atoms. The summed E-state index contributed by atoms with van der Waals surface area (Å²) in [5.74, 6) is -8.03. The summed E-state index contributed by atoms with van der Waals surface area (Å²) in [6.07, 6.45) is 0. The number of ketones is 2. The monoisotopic (exact) mass is 216 g/mol. The second kappa shape index (κ2) is 3.63. The van der Waals surface area contributed by atoms with Crippen LogP contribution in [0.5, 0.6) is 0 Å². The third kappa shape index (κ3) is 1.78. The molecule has 0 atom stereocenters. The highest BCUT2D eigenvalue weighted by atomic mass is 16.6. The molecule has 1 aliphatic carbocycles. The van der Waals surface area contributed by atoms with E-state index in [0.717, 1.165) is 0 Å². The smallest absolute Gasteiger partial charge is 0.506 e. The molecule has 0 radical (unpaired) electrons. The first-order chi connectivity index (χ1) is 6.86. The molecule has 0 saturated carbocycles. The summed E-state index contributed by atoms with van der Waals surface area (Å²) in [4.78, 5) is 21.9. The Bertz CT molecular complexity index is 392. The molecular formula is C6H5BO8. The quantitative estimate of drug-likeness (QED) is 0.269. The van der Waals surface area contributed by atoms with Gasteiger partial charge in [-0.05, 0) is 0 Å². The summed E-state index contributed by atoms with van der Waals surface area (Å²) in [7, 11) is -2.45. The van der Waals surface area contributed by atoms with Gasteiger partial charge in [-0.25, -0.2) is 0 Å². The van der Waals surface area contributed by atoms with Crippen molar-refractivity contribution in [2.75, 3.05) is 0 Å². The zero-order valence-corrected chi connectivity index (χ0v) is 7.04. The van der Waals surface area contributed by atoms with Gasteiger partial charge in [-0.3, -0.25) is 9.59 Å². The molecule has 1 rings (SSSR count). The van der Waals surface area contributed by atoms with Gasteiger partial charge in [0.05, 0.1) is 0 Å². The molecule has 1 aliphatic rings. The lowest BCUT2D eigenvalue weighted by molar-refractivity contribution is -0.124. The zero-order valence-electron chi connectivity index (χ0n) is 7.04. The van der Waals surface area contributed by atoms with E-state index in [9.17, 15) is 9.59 Å². The van der Waals surface area contributed by atoms with Crippen molar-refractivity contribution in [3.05, 3.63) is 23.0 Å². The van der Waals surface area contributed by atoms with Gasteiger partial charge in [0.2, 0.25) is 23.0 Å². The number of rotatable bonds is 2. The van der Waals surface area contributed by atoms with Crippen LogP contribution in [0.1, 0.15) is 0 Å². The van der Waals surface area contributed by atoms with Crippen molar-refractivity contribution in [3.8, 4) is 0 Å². The average Bonchev–Trinajstić information content (AvgIpc) is 2.18. The fraction of sp³-hybridized carbons (Fsp3) is 0. The molecule has 0 unspecified atom stereocenters. The number of Topliss-reactive ketones (excluding diaryl/α,β-unsaturated/α-hetero) is 2. The van der Waals surface area contributed by atoms with Crippen LogP contribution in [0.4, 0.5) is 0 Å². The van der Waals surface area contributed by atoms with Crippen LogP contribution in [0.3, 0.4) is 0 Å². The van der Waals surface area contributed by atoms with Crippen LogP contribution in [0.25, 0.3) is 0 Å². The maximum atomic E-state index is 11.0. The largest absolute Gasteiger partial charge is 0.707 e. The van der Waals surface area contributed by atoms with E-state index >= 15 is 0 Å². The molecule has 0 spiro atoms. The van der Waals surface area contributed by atoms with E-state index in [1.54, 1.807) is 0 Å². The normalized spacial score (nSPS) is 17.2. The molecule has 0 aromatic rings. The molecule has 0 heterocycles. The van der Waals surface area contributed by atoms with E-state index in [1.807, 2.05) is 0 Å². The van der Waals surface area contributed by atoms with E-state index in [-0.39, 0.29) is 0 Å². The summed E-state index contributed by atoms with van der Waals surface area (Å²) in [5, 5.41) is 43.4. The lowest BCUT2D eigenvalue weighted by Crippen LogP contribution is -2.29. The SMILES string of the molecule is O=C1C(O)=C(O)C(=O)C(OB(O)O)=C1O. The fourth-order valence-electron chi connectivity index (χ4n) is 0.860. The summed E-state index contributed by atoms with van der Waals surface area (Å²) in [5.41, 5.74) is 0. The first-order valence-electron chi connectivity index (χ1n) is 3.54. The van der Waals surface area contributed by atoms with Crippen molar-refractivity contribution >= 4 is 18.9 Å². The molecule has 0 amide bonds. The van der Waals surface area contributed by atoms with E-state index in [0.29, 0.717) is 0 Å². The number of hydrogen-bond donors (Lipinski definition) is 5. The Morgan fingerprint density at radius 1 is 0.867 bits per heavy atom. The third-order valence-corrected chi connectivity index (χ3v) is 1.51. The molecule has 15 heavy (non-hydrogen) atoms. The van der Waals surface area contributed by atoms with E-state index < -0.39 is 41.9 Å². The number of aliphatic hydroxyl groups is 3. The van der Waals surface area contributed by atoms with E-state index in [2.05, 4.69) is 4.65 Å².